The smallest absolute Gasteiger partial charge is 0.350 e. The van der Waals surface area contributed by atoms with Crippen LogP contribution in [-0.2, 0) is 6.54 Å². The Labute approximate surface area is 130 Å². The van der Waals surface area contributed by atoms with Crippen molar-refractivity contribution in [2.24, 2.45) is 0 Å². The number of benzene rings is 1. The first-order chi connectivity index (χ1) is 10.2. The predicted octanol–water partition coefficient (Wildman–Crippen LogP) is 2.88. The minimum Gasteiger partial charge on any atom is -0.490 e. The normalized spacial score (nSPS) is 11.0. The van der Waals surface area contributed by atoms with Crippen LogP contribution in [0.4, 0.5) is 0 Å². The van der Waals surface area contributed by atoms with Gasteiger partial charge in [-0.05, 0) is 24.3 Å². The molecular weight excluding hydrogens is 313 g/mol. The summed E-state index contributed by atoms with van der Waals surface area (Å²) in [7, 11) is 0. The second-order valence-electron chi connectivity index (χ2n) is 4.33. The Morgan fingerprint density at radius 1 is 1.14 bits per heavy atom. The van der Waals surface area contributed by atoms with Crippen LogP contribution in [0.25, 0.3) is 5.65 Å². The third-order valence-corrected chi connectivity index (χ3v) is 3.77. The second kappa shape index (κ2) is 5.79. The Kier molecular flexibility index (Phi) is 3.86. The molecule has 0 fully saturated rings. The van der Waals surface area contributed by atoms with Crippen LogP contribution < -0.4 is 10.4 Å². The van der Waals surface area contributed by atoms with E-state index in [2.05, 4.69) is 5.10 Å². The number of halogens is 2. The molecule has 21 heavy (non-hydrogen) atoms. The molecule has 1 aromatic carbocycles. The zero-order valence-corrected chi connectivity index (χ0v) is 12.4. The average Bonchev–Trinajstić information content (AvgIpc) is 2.81. The van der Waals surface area contributed by atoms with Gasteiger partial charge in [-0.3, -0.25) is 4.40 Å². The van der Waals surface area contributed by atoms with E-state index in [1.807, 2.05) is 6.07 Å². The van der Waals surface area contributed by atoms with E-state index < -0.39 is 0 Å². The number of nitrogens with zero attached hydrogens (tertiary/aromatic N) is 3. The van der Waals surface area contributed by atoms with Gasteiger partial charge in [0.05, 0.1) is 11.6 Å². The van der Waals surface area contributed by atoms with Crippen LogP contribution in [0, 0.1) is 0 Å². The van der Waals surface area contributed by atoms with E-state index in [4.69, 9.17) is 27.9 Å². The van der Waals surface area contributed by atoms with Crippen LogP contribution in [0.1, 0.15) is 0 Å². The number of rotatable bonds is 4. The Hall–Kier alpha value is -1.98. The van der Waals surface area contributed by atoms with Crippen molar-refractivity contribution in [1.29, 1.82) is 0 Å². The second-order valence-corrected chi connectivity index (χ2v) is 5.12. The van der Waals surface area contributed by atoms with Crippen molar-refractivity contribution in [1.82, 2.24) is 14.2 Å². The highest BCUT2D eigenvalue weighted by atomic mass is 35.5. The van der Waals surface area contributed by atoms with E-state index in [-0.39, 0.29) is 12.3 Å². The number of hydrogen-bond donors (Lipinski definition) is 0. The molecule has 0 unspecified atom stereocenters. The fourth-order valence-electron chi connectivity index (χ4n) is 1.95. The van der Waals surface area contributed by atoms with Gasteiger partial charge >= 0.3 is 5.69 Å². The number of fused-ring (bicyclic) bond motifs is 1. The Bertz CT molecular complexity index is 842. The molecule has 5 nitrogen and oxygen atoms in total. The minimum absolute atomic E-state index is 0.202. The molecule has 0 amide bonds. The maximum Gasteiger partial charge on any atom is 0.350 e. The number of pyridine rings is 1. The Morgan fingerprint density at radius 2 is 2.00 bits per heavy atom. The molecule has 0 aliphatic heterocycles. The number of aromatic nitrogens is 3. The fraction of sp³-hybridized carbons (Fsp3) is 0.143. The zero-order valence-electron chi connectivity index (χ0n) is 10.9. The molecule has 0 atom stereocenters. The monoisotopic (exact) mass is 323 g/mol. The SMILES string of the molecule is O=c1n(CCOc2cccc(Cl)c2Cl)nc2ccccn12. The van der Waals surface area contributed by atoms with Crippen molar-refractivity contribution >= 4 is 28.8 Å². The lowest BCUT2D eigenvalue weighted by Gasteiger charge is -2.08. The van der Waals surface area contributed by atoms with E-state index >= 15 is 0 Å². The summed E-state index contributed by atoms with van der Waals surface area (Å²) in [5.74, 6) is 0.487. The van der Waals surface area contributed by atoms with E-state index in [9.17, 15) is 4.79 Å². The molecule has 0 aliphatic rings. The Balaban J connectivity index is 1.74. The third-order valence-electron chi connectivity index (χ3n) is 2.97. The first-order valence-electron chi connectivity index (χ1n) is 6.28. The van der Waals surface area contributed by atoms with Crippen LogP contribution in [0.5, 0.6) is 5.75 Å². The van der Waals surface area contributed by atoms with E-state index in [1.165, 1.54) is 9.08 Å². The third kappa shape index (κ3) is 2.75. The summed E-state index contributed by atoms with van der Waals surface area (Å²) >= 11 is 11.9. The molecule has 0 aliphatic carbocycles. The van der Waals surface area contributed by atoms with Crippen LogP contribution in [0.15, 0.2) is 47.4 Å². The summed E-state index contributed by atoms with van der Waals surface area (Å²) in [6, 6.07) is 10.5. The fourth-order valence-corrected chi connectivity index (χ4v) is 2.30. The summed E-state index contributed by atoms with van der Waals surface area (Å²) in [6.07, 6.45) is 1.68. The lowest BCUT2D eigenvalue weighted by molar-refractivity contribution is 0.289. The van der Waals surface area contributed by atoms with Crippen molar-refractivity contribution < 1.29 is 4.74 Å². The van der Waals surface area contributed by atoms with Gasteiger partial charge in [0.15, 0.2) is 5.65 Å². The molecule has 108 valence electrons. The van der Waals surface area contributed by atoms with Crippen molar-refractivity contribution in [3.05, 3.63) is 63.1 Å². The number of hydrogen-bond acceptors (Lipinski definition) is 3. The van der Waals surface area contributed by atoms with Crippen LogP contribution in [0.3, 0.4) is 0 Å². The summed E-state index contributed by atoms with van der Waals surface area (Å²) in [6.45, 7) is 0.590. The molecule has 0 bridgehead atoms. The van der Waals surface area contributed by atoms with Crippen LogP contribution in [0.2, 0.25) is 10.0 Å². The highest BCUT2D eigenvalue weighted by molar-refractivity contribution is 6.42. The van der Waals surface area contributed by atoms with Gasteiger partial charge < -0.3 is 4.74 Å². The molecular formula is C14H11Cl2N3O2. The van der Waals surface area contributed by atoms with Crippen LogP contribution >= 0.6 is 23.2 Å². The molecule has 7 heteroatoms. The zero-order chi connectivity index (χ0) is 14.8. The molecule has 3 aromatic rings. The molecule has 3 rings (SSSR count). The van der Waals surface area contributed by atoms with E-state index in [1.54, 1.807) is 36.5 Å². The highest BCUT2D eigenvalue weighted by Gasteiger charge is 2.08. The minimum atomic E-state index is -0.202. The number of ether oxygens (including phenoxy) is 1. The molecule has 0 saturated carbocycles. The van der Waals surface area contributed by atoms with Gasteiger partial charge in [0.2, 0.25) is 0 Å². The van der Waals surface area contributed by atoms with Crippen molar-refractivity contribution in [2.75, 3.05) is 6.61 Å². The molecule has 0 spiro atoms. The largest absolute Gasteiger partial charge is 0.490 e. The molecule has 2 aromatic heterocycles. The average molecular weight is 324 g/mol. The van der Waals surface area contributed by atoms with Crippen molar-refractivity contribution in [3.8, 4) is 5.75 Å². The maximum absolute atomic E-state index is 12.1. The summed E-state index contributed by atoms with van der Waals surface area (Å²) in [5.41, 5.74) is 0.398. The quantitative estimate of drug-likeness (QED) is 0.741. The Morgan fingerprint density at radius 3 is 2.81 bits per heavy atom. The summed E-state index contributed by atoms with van der Waals surface area (Å²) in [5, 5.41) is 5.00. The lowest BCUT2D eigenvalue weighted by atomic mass is 10.3. The summed E-state index contributed by atoms with van der Waals surface area (Å²) in [4.78, 5) is 12.1. The van der Waals surface area contributed by atoms with Gasteiger partial charge in [0.1, 0.15) is 17.4 Å². The van der Waals surface area contributed by atoms with Crippen molar-refractivity contribution in [2.45, 2.75) is 6.54 Å². The predicted molar refractivity (Wildman–Crippen MR) is 81.4 cm³/mol. The summed E-state index contributed by atoms with van der Waals surface area (Å²) < 4.78 is 8.38. The van der Waals surface area contributed by atoms with Gasteiger partial charge in [-0.2, -0.15) is 0 Å². The van der Waals surface area contributed by atoms with Gasteiger partial charge in [-0.15, -0.1) is 5.10 Å². The lowest BCUT2D eigenvalue weighted by Crippen LogP contribution is -2.23. The van der Waals surface area contributed by atoms with Gasteiger partial charge in [0.25, 0.3) is 0 Å². The first-order valence-corrected chi connectivity index (χ1v) is 7.03. The van der Waals surface area contributed by atoms with E-state index in [0.717, 1.165) is 0 Å². The van der Waals surface area contributed by atoms with Gasteiger partial charge in [-0.1, -0.05) is 35.3 Å². The van der Waals surface area contributed by atoms with Crippen molar-refractivity contribution in [3.63, 3.8) is 0 Å². The maximum atomic E-state index is 12.1. The highest BCUT2D eigenvalue weighted by Crippen LogP contribution is 2.31. The molecule has 0 saturated heterocycles. The molecule has 0 radical (unpaired) electrons. The molecule has 2 heterocycles. The molecule has 0 N–H and O–H groups in total. The van der Waals surface area contributed by atoms with Crippen LogP contribution in [-0.4, -0.2) is 20.8 Å². The van der Waals surface area contributed by atoms with Gasteiger partial charge in [-0.25, -0.2) is 9.48 Å². The standard InChI is InChI=1S/C14H11Cl2N3O2/c15-10-4-3-5-11(13(10)16)21-9-8-19-14(20)18-7-2-1-6-12(18)17-19/h1-7H,8-9H2. The van der Waals surface area contributed by atoms with E-state index in [0.29, 0.717) is 28.0 Å². The van der Waals surface area contributed by atoms with Gasteiger partial charge in [0, 0.05) is 6.20 Å². The first kappa shape index (κ1) is 14.0. The topological polar surface area (TPSA) is 48.5 Å².